The van der Waals surface area contributed by atoms with Crippen molar-refractivity contribution >= 4 is 23.1 Å². The minimum Gasteiger partial charge on any atom is -0.453 e. The third-order valence-corrected chi connectivity index (χ3v) is 4.78. The van der Waals surface area contributed by atoms with Crippen molar-refractivity contribution in [1.29, 1.82) is 5.26 Å². The molecule has 116 valence electrons. The quantitative estimate of drug-likeness (QED) is 0.398. The van der Waals surface area contributed by atoms with E-state index in [0.29, 0.717) is 4.88 Å². The molecule has 0 atom stereocenters. The van der Waals surface area contributed by atoms with Gasteiger partial charge >= 0.3 is 5.97 Å². The van der Waals surface area contributed by atoms with Crippen LogP contribution in [-0.2, 0) is 22.4 Å². The average Bonchev–Trinajstić information content (AvgIpc) is 2.76. The number of nitrogens with two attached hydrogens (primary N) is 1. The number of nitrogens with zero attached hydrogens (tertiary/aromatic N) is 1. The smallest absolute Gasteiger partial charge is 0.348 e. The zero-order valence-corrected chi connectivity index (χ0v) is 13.3. The van der Waals surface area contributed by atoms with Crippen molar-refractivity contribution < 1.29 is 14.3 Å². The van der Waals surface area contributed by atoms with Gasteiger partial charge in [0.1, 0.15) is 16.5 Å². The molecule has 5 nitrogen and oxygen atoms in total. The van der Waals surface area contributed by atoms with Gasteiger partial charge < -0.3 is 10.5 Å². The predicted molar refractivity (Wildman–Crippen MR) is 83.4 cm³/mol. The summed E-state index contributed by atoms with van der Waals surface area (Å²) in [4.78, 5) is 25.6. The van der Waals surface area contributed by atoms with Crippen molar-refractivity contribution in [2.24, 2.45) is 5.73 Å². The number of fused-ring (bicyclic) bond motifs is 1. The number of esters is 1. The van der Waals surface area contributed by atoms with Crippen LogP contribution in [0.5, 0.6) is 0 Å². The summed E-state index contributed by atoms with van der Waals surface area (Å²) in [7, 11) is 0. The number of carbonyl (C=O) groups excluding carboxylic acids is 2. The van der Waals surface area contributed by atoms with Gasteiger partial charge in [-0.25, -0.2) is 4.79 Å². The molecule has 2 rings (SSSR count). The van der Waals surface area contributed by atoms with Gasteiger partial charge in [0.15, 0.2) is 6.61 Å². The highest BCUT2D eigenvalue weighted by Crippen LogP contribution is 2.29. The summed E-state index contributed by atoms with van der Waals surface area (Å²) < 4.78 is 5.01. The fourth-order valence-electron chi connectivity index (χ4n) is 2.41. The lowest BCUT2D eigenvalue weighted by molar-refractivity contribution is -0.118. The van der Waals surface area contributed by atoms with E-state index in [1.807, 2.05) is 6.07 Å². The van der Waals surface area contributed by atoms with Crippen LogP contribution in [0.1, 0.15) is 46.3 Å². The van der Waals surface area contributed by atoms with Crippen LogP contribution < -0.4 is 5.73 Å². The lowest BCUT2D eigenvalue weighted by Crippen LogP contribution is -2.17. The number of Topliss-reactive ketones (excluding diaryl/α,β-unsaturated/α-hetero) is 1. The largest absolute Gasteiger partial charge is 0.453 e. The molecular formula is C16H18N2O3S. The first-order valence-electron chi connectivity index (χ1n) is 7.21. The highest BCUT2D eigenvalue weighted by molar-refractivity contribution is 7.14. The third-order valence-electron chi connectivity index (χ3n) is 3.57. The molecule has 0 aliphatic heterocycles. The molecule has 22 heavy (non-hydrogen) atoms. The first kappa shape index (κ1) is 16.2. The fourth-order valence-corrected chi connectivity index (χ4v) is 3.56. The molecule has 0 saturated heterocycles. The van der Waals surface area contributed by atoms with Crippen molar-refractivity contribution in [2.75, 3.05) is 6.61 Å². The predicted octanol–water partition coefficient (Wildman–Crippen LogP) is 2.50. The number of carbonyl (C=O) groups is 2. The molecule has 0 radical (unpaired) electrons. The molecule has 1 aliphatic carbocycles. The Kier molecular flexibility index (Phi) is 5.34. The number of hydrogen-bond donors (Lipinski definition) is 1. The summed E-state index contributed by atoms with van der Waals surface area (Å²) in [5, 5.41) is 8.84. The van der Waals surface area contributed by atoms with Crippen LogP contribution in [0.3, 0.4) is 0 Å². The second-order valence-corrected chi connectivity index (χ2v) is 6.43. The van der Waals surface area contributed by atoms with E-state index in [9.17, 15) is 9.59 Å². The number of ether oxygens (including phenoxy) is 1. The first-order valence-corrected chi connectivity index (χ1v) is 8.03. The lowest BCUT2D eigenvalue weighted by Gasteiger charge is -2.03. The Balaban J connectivity index is 2.00. The van der Waals surface area contributed by atoms with Gasteiger partial charge in [-0.05, 0) is 44.2 Å². The highest BCUT2D eigenvalue weighted by atomic mass is 32.1. The summed E-state index contributed by atoms with van der Waals surface area (Å²) in [6.45, 7) is 1.01. The van der Waals surface area contributed by atoms with Crippen LogP contribution in [-0.4, -0.2) is 18.4 Å². The molecule has 2 N–H and O–H groups in total. The van der Waals surface area contributed by atoms with Crippen molar-refractivity contribution in [3.63, 3.8) is 0 Å². The maximum atomic E-state index is 12.0. The topological polar surface area (TPSA) is 93.2 Å². The average molecular weight is 318 g/mol. The second kappa shape index (κ2) is 7.23. The van der Waals surface area contributed by atoms with Gasteiger partial charge in [0.05, 0.1) is 0 Å². The highest BCUT2D eigenvalue weighted by Gasteiger charge is 2.19. The Hall–Kier alpha value is -2.13. The molecule has 0 unspecified atom stereocenters. The van der Waals surface area contributed by atoms with E-state index < -0.39 is 18.4 Å². The molecule has 0 aromatic carbocycles. The molecule has 0 fully saturated rings. The van der Waals surface area contributed by atoms with E-state index in [1.165, 1.54) is 35.1 Å². The molecule has 6 heteroatoms. The van der Waals surface area contributed by atoms with Crippen molar-refractivity contribution in [3.05, 3.63) is 32.7 Å². The Bertz CT molecular complexity index is 640. The Labute approximate surface area is 133 Å². The zero-order valence-electron chi connectivity index (χ0n) is 12.5. The standard InChI is InChI=1S/C16H18N2O3S/c1-10(18)12(8-17)13(19)9-21-16(20)15-7-11-5-3-2-4-6-14(11)22-15/h7H,2-6,9,18H2,1H3. The number of thiophene rings is 1. The van der Waals surface area contributed by atoms with Crippen LogP contribution in [0.15, 0.2) is 17.3 Å². The minimum absolute atomic E-state index is 0.131. The number of nitriles is 1. The van der Waals surface area contributed by atoms with Crippen molar-refractivity contribution in [2.45, 2.75) is 39.0 Å². The van der Waals surface area contributed by atoms with Crippen LogP contribution in [0.2, 0.25) is 0 Å². The lowest BCUT2D eigenvalue weighted by atomic mass is 10.1. The molecule has 0 amide bonds. The summed E-state index contributed by atoms with van der Waals surface area (Å²) in [5.74, 6) is -1.09. The zero-order chi connectivity index (χ0) is 16.1. The number of ketones is 1. The van der Waals surface area contributed by atoms with Gasteiger partial charge in [0.25, 0.3) is 0 Å². The van der Waals surface area contributed by atoms with E-state index in [1.54, 1.807) is 6.07 Å². The maximum Gasteiger partial charge on any atom is 0.348 e. The molecule has 1 aliphatic rings. The fraction of sp³-hybridized carbons (Fsp3) is 0.438. The van der Waals surface area contributed by atoms with Crippen molar-refractivity contribution in [3.8, 4) is 6.07 Å². The number of allylic oxidation sites excluding steroid dienone is 1. The van der Waals surface area contributed by atoms with Gasteiger partial charge in [-0.3, -0.25) is 4.79 Å². The van der Waals surface area contributed by atoms with E-state index >= 15 is 0 Å². The summed E-state index contributed by atoms with van der Waals surface area (Å²) in [5.41, 5.74) is 6.64. The minimum atomic E-state index is -0.575. The Morgan fingerprint density at radius 3 is 2.77 bits per heavy atom. The Morgan fingerprint density at radius 2 is 2.09 bits per heavy atom. The number of hydrogen-bond acceptors (Lipinski definition) is 6. The van der Waals surface area contributed by atoms with E-state index in [0.717, 1.165) is 25.7 Å². The summed E-state index contributed by atoms with van der Waals surface area (Å²) in [6, 6.07) is 3.60. The number of rotatable bonds is 4. The van der Waals surface area contributed by atoms with Crippen LogP contribution >= 0.6 is 11.3 Å². The monoisotopic (exact) mass is 318 g/mol. The summed E-state index contributed by atoms with van der Waals surface area (Å²) in [6.07, 6.45) is 5.50. The molecule has 1 aromatic rings. The molecular weight excluding hydrogens is 300 g/mol. The number of aryl methyl sites for hydroxylation is 2. The van der Waals surface area contributed by atoms with Crippen molar-refractivity contribution in [1.82, 2.24) is 0 Å². The molecule has 0 bridgehead atoms. The van der Waals surface area contributed by atoms with Crippen LogP contribution in [0.4, 0.5) is 0 Å². The third kappa shape index (κ3) is 3.74. The van der Waals surface area contributed by atoms with Gasteiger partial charge in [-0.2, -0.15) is 5.26 Å². The van der Waals surface area contributed by atoms with Gasteiger partial charge in [-0.15, -0.1) is 11.3 Å². The SMILES string of the molecule is CC(N)=C(C#N)C(=O)COC(=O)c1cc2c(s1)CCCCC2. The maximum absolute atomic E-state index is 12.0. The Morgan fingerprint density at radius 1 is 1.36 bits per heavy atom. The van der Waals surface area contributed by atoms with E-state index in [2.05, 4.69) is 0 Å². The van der Waals surface area contributed by atoms with Crippen LogP contribution in [0, 0.1) is 11.3 Å². The first-order chi connectivity index (χ1) is 10.5. The molecule has 0 spiro atoms. The molecule has 1 heterocycles. The van der Waals surface area contributed by atoms with E-state index in [4.69, 9.17) is 15.7 Å². The molecule has 1 aromatic heterocycles. The molecule has 0 saturated carbocycles. The van der Waals surface area contributed by atoms with Crippen LogP contribution in [0.25, 0.3) is 0 Å². The second-order valence-electron chi connectivity index (χ2n) is 5.29. The summed E-state index contributed by atoms with van der Waals surface area (Å²) >= 11 is 1.44. The van der Waals surface area contributed by atoms with Gasteiger partial charge in [-0.1, -0.05) is 6.42 Å². The van der Waals surface area contributed by atoms with Gasteiger partial charge in [0.2, 0.25) is 5.78 Å². The van der Waals surface area contributed by atoms with Gasteiger partial charge in [0, 0.05) is 10.6 Å². The van der Waals surface area contributed by atoms with E-state index in [-0.39, 0.29) is 11.3 Å². The normalized spacial score (nSPS) is 15.1.